The Morgan fingerprint density at radius 3 is 2.90 bits per heavy atom. The number of para-hydroxylation sites is 1. The van der Waals surface area contributed by atoms with Gasteiger partial charge in [-0.1, -0.05) is 23.7 Å². The zero-order valence-electron chi connectivity index (χ0n) is 10.5. The molecule has 0 aliphatic carbocycles. The van der Waals surface area contributed by atoms with E-state index in [4.69, 9.17) is 11.6 Å². The Kier molecular flexibility index (Phi) is 2.95. The van der Waals surface area contributed by atoms with Crippen molar-refractivity contribution in [2.45, 2.75) is 4.90 Å². The van der Waals surface area contributed by atoms with Crippen molar-refractivity contribution in [3.8, 4) is 0 Å². The van der Waals surface area contributed by atoms with E-state index < -0.39 is 10.0 Å². The molecule has 6 nitrogen and oxygen atoms in total. The number of sulfonamides is 1. The van der Waals surface area contributed by atoms with Crippen molar-refractivity contribution in [3.63, 3.8) is 0 Å². The maximum Gasteiger partial charge on any atom is 0.265 e. The number of benzene rings is 1. The number of rotatable bonds is 3. The van der Waals surface area contributed by atoms with Gasteiger partial charge in [0.25, 0.3) is 10.0 Å². The summed E-state index contributed by atoms with van der Waals surface area (Å²) in [4.78, 5) is 3.06. The largest absolute Gasteiger partial charge is 0.358 e. The fraction of sp³-hybridized carbons (Fsp3) is 0.0833. The van der Waals surface area contributed by atoms with Crippen LogP contribution in [-0.2, 0) is 17.1 Å². The smallest absolute Gasteiger partial charge is 0.265 e. The SMILES string of the molecule is Cn1cc(S(=O)(=O)Nc2cccc3c(Cl)c[nH]c23)cn1. The molecule has 2 aromatic heterocycles. The van der Waals surface area contributed by atoms with Gasteiger partial charge in [0.05, 0.1) is 22.4 Å². The third-order valence-corrected chi connectivity index (χ3v) is 4.53. The van der Waals surface area contributed by atoms with E-state index in [2.05, 4.69) is 14.8 Å². The quantitative estimate of drug-likeness (QED) is 0.779. The second-order valence-electron chi connectivity index (χ2n) is 4.32. The molecule has 0 radical (unpaired) electrons. The average molecular weight is 311 g/mol. The van der Waals surface area contributed by atoms with Crippen LogP contribution < -0.4 is 4.72 Å². The van der Waals surface area contributed by atoms with Crippen molar-refractivity contribution in [3.05, 3.63) is 41.8 Å². The standard InChI is InChI=1S/C12H11ClN4O2S/c1-17-7-8(5-15-17)20(18,19)16-11-4-2-3-9-10(13)6-14-12(9)11/h2-7,14,16H,1H3. The lowest BCUT2D eigenvalue weighted by Crippen LogP contribution is -2.12. The molecule has 8 heteroatoms. The molecular formula is C12H11ClN4O2S. The topological polar surface area (TPSA) is 79.8 Å². The number of halogens is 1. The molecule has 0 aliphatic rings. The molecule has 2 N–H and O–H groups in total. The molecule has 3 aromatic rings. The summed E-state index contributed by atoms with van der Waals surface area (Å²) >= 11 is 6.01. The first-order chi connectivity index (χ1) is 9.47. The third-order valence-electron chi connectivity index (χ3n) is 2.90. The van der Waals surface area contributed by atoms with E-state index in [0.717, 1.165) is 5.39 Å². The van der Waals surface area contributed by atoms with Gasteiger partial charge in [-0.25, -0.2) is 8.42 Å². The van der Waals surface area contributed by atoms with Crippen LogP contribution in [0.2, 0.25) is 5.02 Å². The molecule has 0 fully saturated rings. The van der Waals surface area contributed by atoms with Gasteiger partial charge in [0.2, 0.25) is 0 Å². The van der Waals surface area contributed by atoms with Crippen LogP contribution in [-0.4, -0.2) is 23.2 Å². The number of aromatic nitrogens is 3. The van der Waals surface area contributed by atoms with Crippen LogP contribution in [0.5, 0.6) is 0 Å². The number of nitrogens with one attached hydrogen (secondary N) is 2. The number of nitrogens with zero attached hydrogens (tertiary/aromatic N) is 2. The molecule has 0 atom stereocenters. The lowest BCUT2D eigenvalue weighted by atomic mass is 10.2. The molecule has 0 saturated heterocycles. The lowest BCUT2D eigenvalue weighted by molar-refractivity contribution is 0.601. The number of aryl methyl sites for hydroxylation is 1. The van der Waals surface area contributed by atoms with E-state index in [1.165, 1.54) is 17.1 Å². The monoisotopic (exact) mass is 310 g/mol. The maximum absolute atomic E-state index is 12.3. The molecular weight excluding hydrogens is 300 g/mol. The minimum absolute atomic E-state index is 0.106. The van der Waals surface area contributed by atoms with E-state index in [1.807, 2.05) is 6.07 Å². The van der Waals surface area contributed by atoms with Gasteiger partial charge in [-0.15, -0.1) is 0 Å². The number of H-pyrrole nitrogens is 1. The highest BCUT2D eigenvalue weighted by atomic mass is 35.5. The second-order valence-corrected chi connectivity index (χ2v) is 6.41. The van der Waals surface area contributed by atoms with Crippen LogP contribution in [0.15, 0.2) is 41.7 Å². The summed E-state index contributed by atoms with van der Waals surface area (Å²) in [5, 5.41) is 5.17. The van der Waals surface area contributed by atoms with Gasteiger partial charge >= 0.3 is 0 Å². The van der Waals surface area contributed by atoms with Crippen molar-refractivity contribution in [1.82, 2.24) is 14.8 Å². The first kappa shape index (κ1) is 13.0. The maximum atomic E-state index is 12.3. The van der Waals surface area contributed by atoms with Crippen molar-refractivity contribution in [2.24, 2.45) is 7.05 Å². The predicted octanol–water partition coefficient (Wildman–Crippen LogP) is 2.36. The van der Waals surface area contributed by atoms with Crippen LogP contribution in [0, 0.1) is 0 Å². The molecule has 1 aromatic carbocycles. The minimum atomic E-state index is -3.67. The van der Waals surface area contributed by atoms with Gasteiger partial charge in [0.15, 0.2) is 0 Å². The molecule has 2 heterocycles. The highest BCUT2D eigenvalue weighted by Gasteiger charge is 2.18. The first-order valence-corrected chi connectivity index (χ1v) is 7.60. The zero-order chi connectivity index (χ0) is 14.3. The van der Waals surface area contributed by atoms with Gasteiger partial charge in [0.1, 0.15) is 4.90 Å². The summed E-state index contributed by atoms with van der Waals surface area (Å²) in [5.74, 6) is 0. The molecule has 20 heavy (non-hydrogen) atoms. The fourth-order valence-corrected chi connectivity index (χ4v) is 3.21. The van der Waals surface area contributed by atoms with Crippen LogP contribution in [0.1, 0.15) is 0 Å². The van der Waals surface area contributed by atoms with Crippen LogP contribution >= 0.6 is 11.6 Å². The Morgan fingerprint density at radius 2 is 2.20 bits per heavy atom. The van der Waals surface area contributed by atoms with Gasteiger partial charge in [-0.2, -0.15) is 5.10 Å². The van der Waals surface area contributed by atoms with Crippen LogP contribution in [0.4, 0.5) is 5.69 Å². The van der Waals surface area contributed by atoms with Crippen molar-refractivity contribution in [2.75, 3.05) is 4.72 Å². The normalized spacial score (nSPS) is 11.9. The number of fused-ring (bicyclic) bond motifs is 1. The predicted molar refractivity (Wildman–Crippen MR) is 77.3 cm³/mol. The number of aromatic amines is 1. The summed E-state index contributed by atoms with van der Waals surface area (Å²) in [6.45, 7) is 0. The molecule has 3 rings (SSSR count). The Labute approximate surface area is 120 Å². The fourth-order valence-electron chi connectivity index (χ4n) is 1.95. The zero-order valence-corrected chi connectivity index (χ0v) is 12.0. The molecule has 0 saturated carbocycles. The van der Waals surface area contributed by atoms with E-state index in [-0.39, 0.29) is 4.90 Å². The van der Waals surface area contributed by atoms with Gasteiger partial charge < -0.3 is 4.98 Å². The molecule has 0 bridgehead atoms. The highest BCUT2D eigenvalue weighted by Crippen LogP contribution is 2.29. The first-order valence-electron chi connectivity index (χ1n) is 5.74. The average Bonchev–Trinajstić information content (AvgIpc) is 2.98. The summed E-state index contributed by atoms with van der Waals surface area (Å²) < 4.78 is 28.5. The summed E-state index contributed by atoms with van der Waals surface area (Å²) in [7, 11) is -2.01. The molecule has 0 aliphatic heterocycles. The minimum Gasteiger partial charge on any atom is -0.358 e. The van der Waals surface area contributed by atoms with Crippen molar-refractivity contribution >= 4 is 38.2 Å². The Hall–Kier alpha value is -1.99. The summed E-state index contributed by atoms with van der Waals surface area (Å²) in [6.07, 6.45) is 4.35. The molecule has 0 unspecified atom stereocenters. The number of hydrogen-bond donors (Lipinski definition) is 2. The summed E-state index contributed by atoms with van der Waals surface area (Å²) in [6, 6.07) is 5.22. The van der Waals surface area contributed by atoms with Crippen molar-refractivity contribution < 1.29 is 8.42 Å². The molecule has 0 spiro atoms. The Balaban J connectivity index is 2.05. The number of hydrogen-bond acceptors (Lipinski definition) is 3. The van der Waals surface area contributed by atoms with E-state index >= 15 is 0 Å². The number of anilines is 1. The van der Waals surface area contributed by atoms with Crippen LogP contribution in [0.25, 0.3) is 10.9 Å². The molecule has 0 amide bonds. The second kappa shape index (κ2) is 4.53. The molecule has 104 valence electrons. The highest BCUT2D eigenvalue weighted by molar-refractivity contribution is 7.92. The summed E-state index contributed by atoms with van der Waals surface area (Å²) in [5.41, 5.74) is 1.09. The van der Waals surface area contributed by atoms with Crippen molar-refractivity contribution in [1.29, 1.82) is 0 Å². The van der Waals surface area contributed by atoms with E-state index in [1.54, 1.807) is 25.4 Å². The van der Waals surface area contributed by atoms with E-state index in [9.17, 15) is 8.42 Å². The van der Waals surface area contributed by atoms with Gasteiger partial charge in [-0.05, 0) is 6.07 Å². The van der Waals surface area contributed by atoms with Crippen LogP contribution in [0.3, 0.4) is 0 Å². The van der Waals surface area contributed by atoms with Gasteiger partial charge in [-0.3, -0.25) is 9.40 Å². The Bertz CT molecular complexity index is 882. The van der Waals surface area contributed by atoms with Gasteiger partial charge in [0, 0.05) is 24.8 Å². The Morgan fingerprint density at radius 1 is 1.40 bits per heavy atom. The third kappa shape index (κ3) is 2.14. The van der Waals surface area contributed by atoms with E-state index in [0.29, 0.717) is 16.2 Å². The lowest BCUT2D eigenvalue weighted by Gasteiger charge is -2.07.